The molecular weight excluding hydrogens is 858 g/mol. The third-order valence-electron chi connectivity index (χ3n) is 9.61. The summed E-state index contributed by atoms with van der Waals surface area (Å²) in [4.78, 5) is 63.4. The number of alkyl halides is 2. The number of allylic oxidation sites excluding steroid dienone is 1. The number of benzene rings is 2. The zero-order valence-electron chi connectivity index (χ0n) is 31.6. The summed E-state index contributed by atoms with van der Waals surface area (Å²) in [6.45, 7) is -4.62. The molecule has 20 nitrogen and oxygen atoms in total. The number of quaternary nitrogens is 1. The van der Waals surface area contributed by atoms with Gasteiger partial charge in [-0.1, -0.05) is 29.8 Å². The van der Waals surface area contributed by atoms with Crippen LogP contribution in [0.4, 0.5) is 14.6 Å². The predicted molar refractivity (Wildman–Crippen MR) is 204 cm³/mol. The Labute approximate surface area is 343 Å². The number of esters is 1. The Morgan fingerprint density at radius 2 is 1.67 bits per heavy atom. The SMILES string of the molecule is Cc1ccc(C(=O)Oc2ccc(CSP3(=O)OC[C@H]4O[C@@H](N5C=CC(=O)CC5=O)[C@H](OP(=O)([O-])OC[C@H]5O[C@@H](n6cnc7c(N)ncnc76)[C@H](F)[C@@H]5O3)[C@@H]4F)cc2)cc1.[NH4+]. The van der Waals surface area contributed by atoms with E-state index in [4.69, 9.17) is 38.0 Å². The number of nitrogens with zero attached hydrogens (tertiary/aromatic N) is 5. The molecule has 320 valence electrons. The molecule has 0 saturated carbocycles. The van der Waals surface area contributed by atoms with Crippen LogP contribution < -0.4 is 21.5 Å². The summed E-state index contributed by atoms with van der Waals surface area (Å²) in [6.07, 6.45) is -11.5. The largest absolute Gasteiger partial charge is 0.756 e. The Hall–Kier alpha value is -4.51. The lowest BCUT2D eigenvalue weighted by molar-refractivity contribution is -0.237. The van der Waals surface area contributed by atoms with Gasteiger partial charge in [0.25, 0.3) is 7.82 Å². The van der Waals surface area contributed by atoms with Crippen molar-refractivity contribution in [3.05, 3.63) is 90.2 Å². The molecule has 1 amide bonds. The van der Waals surface area contributed by atoms with Gasteiger partial charge in [0.15, 0.2) is 42.0 Å². The van der Waals surface area contributed by atoms with Gasteiger partial charge in [-0.2, -0.15) is 0 Å². The van der Waals surface area contributed by atoms with Crippen LogP contribution in [0.25, 0.3) is 11.2 Å². The van der Waals surface area contributed by atoms with E-state index >= 15 is 8.78 Å². The highest BCUT2D eigenvalue weighted by molar-refractivity contribution is 8.54. The number of carbonyl (C=O) groups is 3. The number of hydrogen-bond donors (Lipinski definition) is 2. The molecular formula is C35H37F2N7O13P2S. The van der Waals surface area contributed by atoms with Crippen LogP contribution in [-0.4, -0.2) is 98.3 Å². The highest BCUT2D eigenvalue weighted by atomic mass is 32.7. The van der Waals surface area contributed by atoms with Crippen molar-refractivity contribution in [1.29, 1.82) is 0 Å². The number of ether oxygens (including phenoxy) is 3. The molecule has 3 fully saturated rings. The van der Waals surface area contributed by atoms with Crippen molar-refractivity contribution in [3.8, 4) is 5.75 Å². The zero-order valence-corrected chi connectivity index (χ0v) is 34.2. The Bertz CT molecular complexity index is 2400. The Morgan fingerprint density at radius 3 is 2.40 bits per heavy atom. The first-order valence-electron chi connectivity index (χ1n) is 17.8. The number of aromatic nitrogens is 4. The molecule has 2 unspecified atom stereocenters. The minimum Gasteiger partial charge on any atom is -0.756 e. The lowest BCUT2D eigenvalue weighted by atomic mass is 10.1. The maximum Gasteiger partial charge on any atom is 0.389 e. The number of carbonyl (C=O) groups excluding carboxylic acids is 3. The van der Waals surface area contributed by atoms with E-state index < -0.39 is 101 Å². The average molecular weight is 896 g/mol. The topological polar surface area (TPSA) is 282 Å². The van der Waals surface area contributed by atoms with E-state index in [1.54, 1.807) is 36.4 Å². The molecule has 0 spiro atoms. The van der Waals surface area contributed by atoms with Crippen LogP contribution in [0.15, 0.2) is 73.5 Å². The van der Waals surface area contributed by atoms with Gasteiger partial charge in [-0.25, -0.2) is 33.1 Å². The second-order valence-corrected chi connectivity index (χ2v) is 19.1. The Morgan fingerprint density at radius 1 is 0.950 bits per heavy atom. The number of rotatable bonds is 7. The molecule has 4 aliphatic rings. The van der Waals surface area contributed by atoms with Gasteiger partial charge in [-0.15, -0.1) is 0 Å². The number of anilines is 1. The summed E-state index contributed by atoms with van der Waals surface area (Å²) < 4.78 is 101. The molecule has 6 N–H and O–H groups in total. The van der Waals surface area contributed by atoms with Crippen LogP contribution in [0.3, 0.4) is 0 Å². The fourth-order valence-corrected chi connectivity index (χ4v) is 10.9. The Kier molecular flexibility index (Phi) is 12.7. The number of phosphoric ester groups is 1. The molecule has 2 aromatic heterocycles. The number of nitrogen functional groups attached to an aromatic ring is 1. The van der Waals surface area contributed by atoms with Crippen LogP contribution >= 0.6 is 26.0 Å². The summed E-state index contributed by atoms with van der Waals surface area (Å²) in [5.41, 5.74) is 7.89. The maximum atomic E-state index is 16.7. The summed E-state index contributed by atoms with van der Waals surface area (Å²) >= 11 is 0.583. The van der Waals surface area contributed by atoms with E-state index in [1.807, 2.05) is 6.92 Å². The van der Waals surface area contributed by atoms with Crippen molar-refractivity contribution < 1.29 is 69.5 Å². The molecule has 4 aliphatic heterocycles. The minimum absolute atomic E-state index is 0. The molecule has 0 radical (unpaired) electrons. The molecule has 2 aromatic carbocycles. The molecule has 4 aromatic rings. The summed E-state index contributed by atoms with van der Waals surface area (Å²) in [5.74, 6) is -1.90. The summed E-state index contributed by atoms with van der Waals surface area (Å²) in [7, 11) is -5.53. The van der Waals surface area contributed by atoms with Gasteiger partial charge in [0, 0.05) is 12.0 Å². The fraction of sp³-hybridized carbons (Fsp3) is 0.371. The van der Waals surface area contributed by atoms with Crippen LogP contribution in [0.5, 0.6) is 5.75 Å². The summed E-state index contributed by atoms with van der Waals surface area (Å²) in [5, 5.41) is 0. The molecule has 8 rings (SSSR count). The van der Waals surface area contributed by atoms with Crippen molar-refractivity contribution in [2.75, 3.05) is 18.9 Å². The quantitative estimate of drug-likeness (QED) is 0.113. The number of imidazole rings is 1. The van der Waals surface area contributed by atoms with Gasteiger partial charge in [-0.3, -0.25) is 32.7 Å². The maximum absolute atomic E-state index is 16.7. The monoisotopic (exact) mass is 895 g/mol. The first kappa shape index (κ1) is 43.6. The van der Waals surface area contributed by atoms with E-state index in [-0.39, 0.29) is 34.6 Å². The highest BCUT2D eigenvalue weighted by Gasteiger charge is 2.55. The molecule has 10 atom stereocenters. The summed E-state index contributed by atoms with van der Waals surface area (Å²) in [6, 6.07) is 12.9. The fourth-order valence-electron chi connectivity index (χ4n) is 6.59. The second-order valence-electron chi connectivity index (χ2n) is 13.7. The molecule has 3 saturated heterocycles. The number of fused-ring (bicyclic) bond motifs is 4. The van der Waals surface area contributed by atoms with E-state index in [1.165, 1.54) is 18.5 Å². The first-order valence-corrected chi connectivity index (χ1v) is 22.4. The first-order chi connectivity index (χ1) is 28.2. The second kappa shape index (κ2) is 17.5. The van der Waals surface area contributed by atoms with Gasteiger partial charge in [0.2, 0.25) is 5.91 Å². The van der Waals surface area contributed by atoms with Crippen molar-refractivity contribution in [2.45, 2.75) is 68.3 Å². The van der Waals surface area contributed by atoms with Crippen LogP contribution in [0, 0.1) is 6.92 Å². The van der Waals surface area contributed by atoms with E-state index in [2.05, 4.69) is 15.0 Å². The standard InChI is InChI=1S/C35H34F2N6O13P2S.H3N/c1-18-2-6-20(7-3-18)35(46)52-22-8-4-19(5-9-22)15-59-58(49)51-13-23-26(36)30(34(53-23)42-11-10-21(44)12-25(42)45)55-57(47,48)50-14-24-29(56-58)27(37)33(54-24)43-17-41-28-31(38)39-16-40-32(28)43;/h2-11,16-17,23-24,26-27,29-30,33-34H,12-15H2,1H3,(H,47,48)(H2,38,39,40);1H3/t23-,24-,26-,27-,29-,30-,33-,34-,58?;/m1./s1. The minimum atomic E-state index is -5.53. The molecule has 60 heavy (non-hydrogen) atoms. The van der Waals surface area contributed by atoms with Gasteiger partial charge in [0.05, 0.1) is 31.5 Å². The molecule has 6 heterocycles. The van der Waals surface area contributed by atoms with Crippen LogP contribution in [-0.2, 0) is 52.0 Å². The van der Waals surface area contributed by atoms with Gasteiger partial charge < -0.3 is 40.0 Å². The average Bonchev–Trinajstić information content (AvgIpc) is 3.86. The van der Waals surface area contributed by atoms with Gasteiger partial charge in [-0.05, 0) is 54.2 Å². The lowest BCUT2D eigenvalue weighted by Crippen LogP contribution is -2.47. The smallest absolute Gasteiger partial charge is 0.389 e. The van der Waals surface area contributed by atoms with Gasteiger partial charge in [0.1, 0.15) is 42.0 Å². The molecule has 2 bridgehead atoms. The predicted octanol–water partition coefficient (Wildman–Crippen LogP) is 4.25. The van der Waals surface area contributed by atoms with E-state index in [0.29, 0.717) is 22.5 Å². The Balaban J connectivity index is 0.00000544. The van der Waals surface area contributed by atoms with Crippen molar-refractivity contribution in [3.63, 3.8) is 0 Å². The number of nitrogens with two attached hydrogens (primary N) is 1. The number of hydrogen-bond acceptors (Lipinski definition) is 18. The van der Waals surface area contributed by atoms with E-state index in [0.717, 1.165) is 33.6 Å². The van der Waals surface area contributed by atoms with Crippen molar-refractivity contribution in [1.82, 2.24) is 30.6 Å². The number of phosphoric acid groups is 1. The number of halogens is 2. The highest BCUT2D eigenvalue weighted by Crippen LogP contribution is 2.64. The number of aryl methyl sites for hydroxylation is 1. The van der Waals surface area contributed by atoms with Gasteiger partial charge >= 0.3 is 12.8 Å². The molecule has 0 aliphatic carbocycles. The lowest BCUT2D eigenvalue weighted by Gasteiger charge is -2.34. The van der Waals surface area contributed by atoms with Crippen LogP contribution in [0.2, 0.25) is 0 Å². The normalized spacial score (nSPS) is 32.1. The third-order valence-corrected chi connectivity index (χ3v) is 14.2. The molecule has 25 heteroatoms. The third kappa shape index (κ3) is 9.07. The van der Waals surface area contributed by atoms with E-state index in [9.17, 15) is 28.4 Å². The zero-order chi connectivity index (χ0) is 41.6. The number of ketones is 1. The number of amides is 1. The van der Waals surface area contributed by atoms with Crippen LogP contribution in [0.1, 0.15) is 34.1 Å². The van der Waals surface area contributed by atoms with Crippen molar-refractivity contribution in [2.24, 2.45) is 0 Å². The van der Waals surface area contributed by atoms with Crippen molar-refractivity contribution >= 4 is 60.6 Å².